The van der Waals surface area contributed by atoms with Crippen molar-refractivity contribution in [3.05, 3.63) is 60.8 Å². The van der Waals surface area contributed by atoms with Crippen molar-refractivity contribution in [3.63, 3.8) is 0 Å². The zero-order chi connectivity index (χ0) is 47.5. The largest absolute Gasteiger partial charge is 0.472 e. The Bertz CT molecular complexity index is 1520. The normalized spacial score (nSPS) is 19.7. The predicted molar refractivity (Wildman–Crippen MR) is 245 cm³/mol. The Morgan fingerprint density at radius 3 is 1.92 bits per heavy atom. The van der Waals surface area contributed by atoms with Gasteiger partial charge in [-0.15, -0.1) is 0 Å². The molecule has 6 N–H and O–H groups in total. The van der Waals surface area contributed by atoms with Crippen LogP contribution in [0.2, 0.25) is 0 Å². The van der Waals surface area contributed by atoms with E-state index in [4.69, 9.17) is 23.8 Å². The number of carbonyl (C=O) groups is 3. The highest BCUT2D eigenvalue weighted by molar-refractivity contribution is 7.47. The van der Waals surface area contributed by atoms with Gasteiger partial charge in [0, 0.05) is 31.1 Å². The summed E-state index contributed by atoms with van der Waals surface area (Å²) in [6.45, 7) is 1.24. The molecule has 1 unspecified atom stereocenters. The van der Waals surface area contributed by atoms with Crippen LogP contribution in [0.1, 0.15) is 149 Å². The first-order valence-electron chi connectivity index (χ1n) is 23.1. The number of ether oxygens (including phenoxy) is 2. The number of phosphoric ester groups is 2. The van der Waals surface area contributed by atoms with Crippen LogP contribution < -0.4 is 0 Å². The third-order valence-corrected chi connectivity index (χ3v) is 11.7. The molecule has 0 bridgehead atoms. The van der Waals surface area contributed by atoms with Gasteiger partial charge in [0.15, 0.2) is 6.10 Å². The Labute approximate surface area is 381 Å². The van der Waals surface area contributed by atoms with E-state index in [0.29, 0.717) is 38.5 Å². The van der Waals surface area contributed by atoms with Gasteiger partial charge >= 0.3 is 27.6 Å². The molecule has 7 atom stereocenters. The summed E-state index contributed by atoms with van der Waals surface area (Å²) in [7, 11) is -9.78. The highest BCUT2D eigenvalue weighted by Gasteiger charge is 2.39. The number of hydrogen-bond donors (Lipinski definition) is 6. The number of unbranched alkanes of at least 4 members (excludes halogenated alkanes) is 9. The maximum Gasteiger partial charge on any atom is 0.472 e. The molecule has 0 amide bonds. The number of carbonyl (C=O) groups excluding carboxylic acids is 3. The Morgan fingerprint density at radius 2 is 1.28 bits per heavy atom. The molecule has 0 heterocycles. The second-order valence-electron chi connectivity index (χ2n) is 16.1. The van der Waals surface area contributed by atoms with Gasteiger partial charge in [0.1, 0.15) is 18.5 Å². The summed E-state index contributed by atoms with van der Waals surface area (Å²) in [5, 5.41) is 30.5. The molecule has 1 aliphatic rings. The number of allylic oxidation sites excluding steroid dienone is 8. The Kier molecular flexibility index (Phi) is 33.9. The van der Waals surface area contributed by atoms with Gasteiger partial charge in [-0.2, -0.15) is 0 Å². The van der Waals surface area contributed by atoms with E-state index in [1.807, 2.05) is 0 Å². The summed E-state index contributed by atoms with van der Waals surface area (Å²) in [5.41, 5.74) is 0. The fourth-order valence-corrected chi connectivity index (χ4v) is 7.92. The molecule has 1 fully saturated rings. The first-order valence-corrected chi connectivity index (χ1v) is 26.1. The van der Waals surface area contributed by atoms with E-state index in [9.17, 15) is 43.7 Å². The number of esters is 2. The minimum Gasteiger partial charge on any atom is -0.462 e. The second kappa shape index (κ2) is 36.5. The number of ketones is 1. The number of rotatable bonds is 39. The van der Waals surface area contributed by atoms with Crippen LogP contribution in [0, 0.1) is 11.8 Å². The van der Waals surface area contributed by atoms with Crippen LogP contribution in [-0.4, -0.2) is 98.6 Å². The minimum atomic E-state index is -4.90. The minimum absolute atomic E-state index is 0.00778. The van der Waals surface area contributed by atoms with Crippen LogP contribution >= 0.6 is 15.6 Å². The topological polar surface area (TPSA) is 253 Å². The van der Waals surface area contributed by atoms with Crippen molar-refractivity contribution in [2.75, 3.05) is 26.4 Å². The molecule has 1 saturated carbocycles. The summed E-state index contributed by atoms with van der Waals surface area (Å²) in [6, 6.07) is 0. The van der Waals surface area contributed by atoms with E-state index in [-0.39, 0.29) is 36.9 Å². The van der Waals surface area contributed by atoms with E-state index >= 15 is 0 Å². The van der Waals surface area contributed by atoms with Gasteiger partial charge in [0.2, 0.25) is 0 Å². The van der Waals surface area contributed by atoms with E-state index in [2.05, 4.69) is 71.5 Å². The molecule has 64 heavy (non-hydrogen) atoms. The highest BCUT2D eigenvalue weighted by Crippen LogP contribution is 2.44. The van der Waals surface area contributed by atoms with Gasteiger partial charge in [-0.1, -0.05) is 126 Å². The number of Topliss-reactive ketones (excluding diaryl/α,β-unsaturated/α-hetero) is 1. The van der Waals surface area contributed by atoms with Crippen molar-refractivity contribution in [1.82, 2.24) is 0 Å². The molecule has 0 saturated heterocycles. The molecular weight excluding hydrogens is 870 g/mol. The maximum absolute atomic E-state index is 12.7. The summed E-state index contributed by atoms with van der Waals surface area (Å²) >= 11 is 0. The smallest absolute Gasteiger partial charge is 0.462 e. The fourth-order valence-electron chi connectivity index (χ4n) is 6.76. The number of hydrogen-bond acceptors (Lipinski definition) is 13. The van der Waals surface area contributed by atoms with Gasteiger partial charge in [-0.25, -0.2) is 9.13 Å². The maximum atomic E-state index is 12.7. The van der Waals surface area contributed by atoms with Crippen LogP contribution in [0.3, 0.4) is 0 Å². The Hall–Kier alpha value is -2.59. The lowest BCUT2D eigenvalue weighted by atomic mass is 9.88. The zero-order valence-corrected chi connectivity index (χ0v) is 39.9. The lowest BCUT2D eigenvalue weighted by molar-refractivity contribution is -0.161. The predicted octanol–water partition coefficient (Wildman–Crippen LogP) is 8.60. The molecular formula is C46H78O16P2. The average molecular weight is 949 g/mol. The van der Waals surface area contributed by atoms with Crippen molar-refractivity contribution in [3.8, 4) is 0 Å². The van der Waals surface area contributed by atoms with E-state index < -0.39 is 78.4 Å². The SMILES string of the molecule is CC/C=C\C/C=C\C/C=C\C/C=C\CCCCCCC(=O)O[C@H](COC(=O)CCCCCC[C@H]1C(=O)C[C@@H](O)[C@@H]1/C=C/[C@@H](O)CCCCC)COP(=O)(O)OC[C@@H](O)COP(=O)(O)O. The lowest BCUT2D eigenvalue weighted by Gasteiger charge is -2.20. The van der Waals surface area contributed by atoms with Crippen LogP contribution in [0.5, 0.6) is 0 Å². The molecule has 0 aromatic heterocycles. The van der Waals surface area contributed by atoms with Gasteiger partial charge in [0.25, 0.3) is 0 Å². The van der Waals surface area contributed by atoms with Crippen LogP contribution in [0.25, 0.3) is 0 Å². The molecule has 0 aromatic rings. The van der Waals surface area contributed by atoms with Gasteiger partial charge in [-0.05, 0) is 64.2 Å². The van der Waals surface area contributed by atoms with Crippen molar-refractivity contribution < 1.29 is 76.6 Å². The Morgan fingerprint density at radius 1 is 0.703 bits per heavy atom. The number of aliphatic hydroxyl groups is 3. The Balaban J connectivity index is 2.54. The van der Waals surface area contributed by atoms with Gasteiger partial charge in [0.05, 0.1) is 32.0 Å². The van der Waals surface area contributed by atoms with Crippen molar-refractivity contribution in [2.45, 2.75) is 173 Å². The van der Waals surface area contributed by atoms with Crippen molar-refractivity contribution >= 4 is 33.4 Å². The molecule has 18 heteroatoms. The summed E-state index contributed by atoms with van der Waals surface area (Å²) < 4.78 is 47.8. The summed E-state index contributed by atoms with van der Waals surface area (Å²) in [6.07, 6.45) is 31.1. The van der Waals surface area contributed by atoms with Crippen LogP contribution in [-0.2, 0) is 46.6 Å². The molecule has 1 aliphatic carbocycles. The fraction of sp³-hybridized carbons (Fsp3) is 0.717. The van der Waals surface area contributed by atoms with E-state index in [0.717, 1.165) is 77.0 Å². The summed E-state index contributed by atoms with van der Waals surface area (Å²) in [4.78, 5) is 65.6. The average Bonchev–Trinajstić information content (AvgIpc) is 3.51. The van der Waals surface area contributed by atoms with Crippen LogP contribution in [0.4, 0.5) is 0 Å². The molecule has 368 valence electrons. The van der Waals surface area contributed by atoms with Crippen molar-refractivity contribution in [2.24, 2.45) is 11.8 Å². The number of phosphoric acid groups is 2. The second-order valence-corrected chi connectivity index (χ2v) is 18.8. The van der Waals surface area contributed by atoms with E-state index in [1.165, 1.54) is 0 Å². The quantitative estimate of drug-likeness (QED) is 0.0146. The number of aliphatic hydroxyl groups excluding tert-OH is 3. The molecule has 0 aromatic carbocycles. The molecule has 0 spiro atoms. The zero-order valence-electron chi connectivity index (χ0n) is 38.1. The molecule has 0 radical (unpaired) electrons. The van der Waals surface area contributed by atoms with Gasteiger partial charge in [-0.3, -0.25) is 28.0 Å². The van der Waals surface area contributed by atoms with E-state index in [1.54, 1.807) is 12.2 Å². The standard InChI is InChI=1S/C46H78O16P2/c1-3-5-7-8-9-10-11-12-13-14-15-16-17-18-19-20-26-30-46(52)62-40(37-61-64(56,57)60-35-39(48)34-59-63(53,54)55)36-58-45(51)29-25-22-21-24-28-41-42(44(50)33-43(41)49)32-31-38(47)27-23-6-4-2/h5,7,9-10,12-13,15-16,31-32,38-42,44,47-48,50H,3-4,6,8,11,14,17-30,33-37H2,1-2H3,(H,56,57)(H2,53,54,55)/b7-5-,10-9-,13-12-,16-15-,32-31+/t38-,39-,40+,41+,42+,44+/m0/s1. The molecule has 0 aliphatic heterocycles. The van der Waals surface area contributed by atoms with Gasteiger partial charge < -0.3 is 39.5 Å². The lowest BCUT2D eigenvalue weighted by Crippen LogP contribution is -2.30. The molecule has 1 rings (SSSR count). The highest BCUT2D eigenvalue weighted by atomic mass is 31.2. The van der Waals surface area contributed by atoms with Crippen molar-refractivity contribution in [1.29, 1.82) is 0 Å². The first-order chi connectivity index (χ1) is 30.6. The molecule has 16 nitrogen and oxygen atoms in total. The summed E-state index contributed by atoms with van der Waals surface area (Å²) in [5.74, 6) is -1.88. The third-order valence-electron chi connectivity index (χ3n) is 10.3. The monoisotopic (exact) mass is 948 g/mol. The first kappa shape index (κ1) is 59.4. The van der Waals surface area contributed by atoms with Crippen LogP contribution in [0.15, 0.2) is 60.8 Å². The third kappa shape index (κ3) is 33.0.